The quantitative estimate of drug-likeness (QED) is 0.912. The first-order chi connectivity index (χ1) is 10.3. The first kappa shape index (κ1) is 15.7. The molecule has 0 bridgehead atoms. The van der Waals surface area contributed by atoms with E-state index in [0.29, 0.717) is 11.1 Å². The number of alkyl halides is 3. The molecule has 0 radical (unpaired) electrons. The van der Waals surface area contributed by atoms with Crippen molar-refractivity contribution in [3.8, 4) is 17.6 Å². The molecule has 22 heavy (non-hydrogen) atoms. The molecule has 0 saturated carbocycles. The number of ether oxygens (including phenoxy) is 1. The molecule has 0 amide bonds. The van der Waals surface area contributed by atoms with Crippen LogP contribution in [0.1, 0.15) is 22.7 Å². The van der Waals surface area contributed by atoms with Crippen LogP contribution >= 0.6 is 0 Å². The van der Waals surface area contributed by atoms with Crippen LogP contribution in [-0.2, 0) is 0 Å². The van der Waals surface area contributed by atoms with Crippen molar-refractivity contribution in [3.63, 3.8) is 0 Å². The molecule has 2 aromatic carbocycles. The predicted molar refractivity (Wildman–Crippen MR) is 72.0 cm³/mol. The lowest BCUT2D eigenvalue weighted by Crippen LogP contribution is -2.17. The average molecular weight is 308 g/mol. The molecule has 0 spiro atoms. The maximum Gasteiger partial charge on any atom is 0.573 e. The summed E-state index contributed by atoms with van der Waals surface area (Å²) in [7, 11) is 0. The van der Waals surface area contributed by atoms with Crippen molar-refractivity contribution in [3.05, 3.63) is 59.2 Å². The molecule has 3 N–H and O–H groups in total. The maximum atomic E-state index is 12.1. The van der Waals surface area contributed by atoms with Crippen LogP contribution in [0.4, 0.5) is 13.2 Å². The van der Waals surface area contributed by atoms with E-state index in [4.69, 9.17) is 11.0 Å². The van der Waals surface area contributed by atoms with E-state index in [0.717, 1.165) is 12.1 Å². The fraction of sp³-hybridized carbons (Fsp3) is 0.133. The summed E-state index contributed by atoms with van der Waals surface area (Å²) < 4.78 is 40.0. The second kappa shape index (κ2) is 5.95. The van der Waals surface area contributed by atoms with Gasteiger partial charge >= 0.3 is 6.36 Å². The highest BCUT2D eigenvalue weighted by atomic mass is 19.4. The number of halogens is 3. The zero-order chi connectivity index (χ0) is 16.3. The van der Waals surface area contributed by atoms with Crippen LogP contribution in [0.5, 0.6) is 11.5 Å². The number of benzene rings is 2. The normalized spacial score (nSPS) is 12.5. The summed E-state index contributed by atoms with van der Waals surface area (Å²) in [6.07, 6.45) is -4.76. The Morgan fingerprint density at radius 1 is 1.14 bits per heavy atom. The minimum Gasteiger partial charge on any atom is -0.506 e. The fourth-order valence-electron chi connectivity index (χ4n) is 1.96. The molecule has 7 heteroatoms. The van der Waals surface area contributed by atoms with Crippen LogP contribution in [0.25, 0.3) is 0 Å². The number of aromatic hydroxyl groups is 1. The summed E-state index contributed by atoms with van der Waals surface area (Å²) in [5, 5.41) is 18.8. The molecule has 0 aliphatic carbocycles. The molecule has 0 aromatic heterocycles. The summed E-state index contributed by atoms with van der Waals surface area (Å²) in [6, 6.07) is 10.6. The van der Waals surface area contributed by atoms with Gasteiger partial charge in [0.05, 0.1) is 11.6 Å². The van der Waals surface area contributed by atoms with Gasteiger partial charge in [-0.25, -0.2) is 0 Å². The van der Waals surface area contributed by atoms with E-state index in [1.165, 1.54) is 18.2 Å². The Morgan fingerprint density at radius 3 is 2.32 bits per heavy atom. The molecule has 0 unspecified atom stereocenters. The van der Waals surface area contributed by atoms with E-state index in [-0.39, 0.29) is 17.1 Å². The largest absolute Gasteiger partial charge is 0.573 e. The molecule has 2 aromatic rings. The number of phenols is 1. The van der Waals surface area contributed by atoms with Gasteiger partial charge in [0, 0.05) is 5.56 Å². The fourth-order valence-corrected chi connectivity index (χ4v) is 1.96. The second-order valence-corrected chi connectivity index (χ2v) is 4.45. The summed E-state index contributed by atoms with van der Waals surface area (Å²) in [5.74, 6) is -0.605. The van der Waals surface area contributed by atoms with Crippen LogP contribution in [0.2, 0.25) is 0 Å². The SMILES string of the molecule is N#Cc1cccc([C@H](N)c2ccc(OC(F)(F)F)cc2)c1O. The Kier molecular flexibility index (Phi) is 4.24. The van der Waals surface area contributed by atoms with E-state index in [1.807, 2.05) is 6.07 Å². The number of hydrogen-bond acceptors (Lipinski definition) is 4. The van der Waals surface area contributed by atoms with Gasteiger partial charge in [0.1, 0.15) is 17.6 Å². The minimum atomic E-state index is -4.76. The van der Waals surface area contributed by atoms with Crippen LogP contribution in [0.3, 0.4) is 0 Å². The van der Waals surface area contributed by atoms with Crippen molar-refractivity contribution in [2.45, 2.75) is 12.4 Å². The van der Waals surface area contributed by atoms with Gasteiger partial charge < -0.3 is 15.6 Å². The molecular weight excluding hydrogens is 297 g/mol. The Hall–Kier alpha value is -2.72. The van der Waals surface area contributed by atoms with Gasteiger partial charge in [-0.2, -0.15) is 5.26 Å². The lowest BCUT2D eigenvalue weighted by Gasteiger charge is -2.15. The summed E-state index contributed by atoms with van der Waals surface area (Å²) >= 11 is 0. The van der Waals surface area contributed by atoms with E-state index in [2.05, 4.69) is 4.74 Å². The van der Waals surface area contributed by atoms with Gasteiger partial charge in [0.25, 0.3) is 0 Å². The van der Waals surface area contributed by atoms with Crippen molar-refractivity contribution in [1.29, 1.82) is 5.26 Å². The number of nitriles is 1. The van der Waals surface area contributed by atoms with Crippen molar-refractivity contribution < 1.29 is 23.0 Å². The van der Waals surface area contributed by atoms with Crippen LogP contribution in [0.15, 0.2) is 42.5 Å². The minimum absolute atomic E-state index is 0.0741. The Bertz CT molecular complexity index is 706. The van der Waals surface area contributed by atoms with E-state index in [9.17, 15) is 18.3 Å². The molecular formula is C15H11F3N2O2. The molecule has 114 valence electrons. The lowest BCUT2D eigenvalue weighted by atomic mass is 9.97. The zero-order valence-electron chi connectivity index (χ0n) is 11.1. The standard InChI is InChI=1S/C15H11F3N2O2/c16-15(17,18)22-11-6-4-9(5-7-11)13(20)12-3-1-2-10(8-19)14(12)21/h1-7,13,21H,20H2/t13-/m1/s1. The highest BCUT2D eigenvalue weighted by Gasteiger charge is 2.31. The van der Waals surface area contributed by atoms with Gasteiger partial charge in [-0.1, -0.05) is 24.3 Å². The number of nitrogens with two attached hydrogens (primary N) is 1. The van der Waals surface area contributed by atoms with Crippen molar-refractivity contribution in [2.24, 2.45) is 5.73 Å². The smallest absolute Gasteiger partial charge is 0.506 e. The van der Waals surface area contributed by atoms with Crippen LogP contribution in [-0.4, -0.2) is 11.5 Å². The predicted octanol–water partition coefficient (Wildman–Crippen LogP) is 3.21. The van der Waals surface area contributed by atoms with Crippen molar-refractivity contribution in [2.75, 3.05) is 0 Å². The number of nitrogens with zero attached hydrogens (tertiary/aromatic N) is 1. The molecule has 1 atom stereocenters. The van der Waals surface area contributed by atoms with Crippen LogP contribution in [0, 0.1) is 11.3 Å². The maximum absolute atomic E-state index is 12.1. The van der Waals surface area contributed by atoms with Crippen molar-refractivity contribution >= 4 is 0 Å². The lowest BCUT2D eigenvalue weighted by molar-refractivity contribution is -0.274. The summed E-state index contributed by atoms with van der Waals surface area (Å²) in [4.78, 5) is 0. The highest BCUT2D eigenvalue weighted by molar-refractivity contribution is 5.51. The van der Waals surface area contributed by atoms with E-state index < -0.39 is 12.4 Å². The topological polar surface area (TPSA) is 79.3 Å². The Labute approximate surface area is 124 Å². The van der Waals surface area contributed by atoms with Gasteiger partial charge in [0.2, 0.25) is 0 Å². The molecule has 0 saturated heterocycles. The Balaban J connectivity index is 2.27. The first-order valence-corrected chi connectivity index (χ1v) is 6.15. The van der Waals surface area contributed by atoms with Gasteiger partial charge in [-0.3, -0.25) is 0 Å². The third-order valence-electron chi connectivity index (χ3n) is 3.00. The Morgan fingerprint density at radius 2 is 1.77 bits per heavy atom. The first-order valence-electron chi connectivity index (χ1n) is 6.15. The van der Waals surface area contributed by atoms with Gasteiger partial charge in [-0.05, 0) is 23.8 Å². The zero-order valence-corrected chi connectivity index (χ0v) is 11.1. The van der Waals surface area contributed by atoms with E-state index >= 15 is 0 Å². The number of rotatable bonds is 3. The van der Waals surface area contributed by atoms with Gasteiger partial charge in [0.15, 0.2) is 0 Å². The molecule has 4 nitrogen and oxygen atoms in total. The average Bonchev–Trinajstić information content (AvgIpc) is 2.46. The van der Waals surface area contributed by atoms with E-state index in [1.54, 1.807) is 12.1 Å². The summed E-state index contributed by atoms with van der Waals surface area (Å²) in [6.45, 7) is 0. The number of hydrogen-bond donors (Lipinski definition) is 2. The molecule has 0 heterocycles. The third-order valence-corrected chi connectivity index (χ3v) is 3.00. The number of para-hydroxylation sites is 1. The molecule has 0 fully saturated rings. The van der Waals surface area contributed by atoms with Crippen molar-refractivity contribution in [1.82, 2.24) is 0 Å². The monoisotopic (exact) mass is 308 g/mol. The molecule has 2 rings (SSSR count). The number of phenolic OH excluding ortho intramolecular Hbond substituents is 1. The summed E-state index contributed by atoms with van der Waals surface area (Å²) in [5.41, 5.74) is 6.84. The molecule has 0 aliphatic rings. The highest BCUT2D eigenvalue weighted by Crippen LogP contribution is 2.31. The molecule has 0 aliphatic heterocycles. The second-order valence-electron chi connectivity index (χ2n) is 4.45. The third kappa shape index (κ3) is 3.48. The van der Waals surface area contributed by atoms with Crippen LogP contribution < -0.4 is 10.5 Å². The van der Waals surface area contributed by atoms with Gasteiger partial charge in [-0.15, -0.1) is 13.2 Å².